The average molecular weight is 299 g/mol. The number of hydrogen-bond donors (Lipinski definition) is 1. The third kappa shape index (κ3) is 3.30. The molecule has 0 amide bonds. The van der Waals surface area contributed by atoms with Gasteiger partial charge in [-0.15, -0.1) is 0 Å². The lowest BCUT2D eigenvalue weighted by atomic mass is 10.0. The number of aromatic amines is 1. The van der Waals surface area contributed by atoms with Gasteiger partial charge in [-0.25, -0.2) is 9.97 Å². The maximum absolute atomic E-state index is 4.67. The summed E-state index contributed by atoms with van der Waals surface area (Å²) in [5.41, 5.74) is 3.40. The van der Waals surface area contributed by atoms with E-state index in [0.29, 0.717) is 6.04 Å². The lowest BCUT2D eigenvalue weighted by Crippen LogP contribution is -2.46. The van der Waals surface area contributed by atoms with Crippen molar-refractivity contribution in [2.45, 2.75) is 39.3 Å². The molecule has 0 bridgehead atoms. The third-order valence-corrected chi connectivity index (χ3v) is 4.55. The number of anilines is 1. The van der Waals surface area contributed by atoms with Crippen molar-refractivity contribution >= 4 is 5.82 Å². The summed E-state index contributed by atoms with van der Waals surface area (Å²) in [6.45, 7) is 7.17. The molecule has 118 valence electrons. The van der Waals surface area contributed by atoms with Gasteiger partial charge in [0.15, 0.2) is 0 Å². The predicted octanol–water partition coefficient (Wildman–Crippen LogP) is 2.52. The lowest BCUT2D eigenvalue weighted by molar-refractivity contribution is 0.205. The standard InChI is InChI=1S/C17H25N5/c1-13-6-4-8-17(20-13)22-9-5-7-15(10-22)21(3)11-16-14(2)18-12-19-16/h4,6,8,12,15H,5,7,9-11H2,1-3H3,(H,18,19)/t15-/m0/s1. The van der Waals surface area contributed by atoms with E-state index in [1.807, 2.05) is 0 Å². The van der Waals surface area contributed by atoms with E-state index in [0.717, 1.165) is 36.8 Å². The Morgan fingerprint density at radius 2 is 2.23 bits per heavy atom. The Kier molecular flexibility index (Phi) is 4.43. The van der Waals surface area contributed by atoms with Gasteiger partial charge in [0.2, 0.25) is 0 Å². The maximum Gasteiger partial charge on any atom is 0.128 e. The minimum absolute atomic E-state index is 0.548. The fourth-order valence-electron chi connectivity index (χ4n) is 3.14. The van der Waals surface area contributed by atoms with E-state index >= 15 is 0 Å². The minimum atomic E-state index is 0.548. The zero-order chi connectivity index (χ0) is 15.5. The first-order valence-electron chi connectivity index (χ1n) is 8.01. The smallest absolute Gasteiger partial charge is 0.128 e. The van der Waals surface area contributed by atoms with E-state index in [-0.39, 0.29) is 0 Å². The van der Waals surface area contributed by atoms with Gasteiger partial charge in [0.05, 0.1) is 12.0 Å². The van der Waals surface area contributed by atoms with Crippen LogP contribution in [0.4, 0.5) is 5.82 Å². The van der Waals surface area contributed by atoms with Gasteiger partial charge in [0, 0.05) is 37.1 Å². The number of nitrogens with one attached hydrogen (secondary N) is 1. The highest BCUT2D eigenvalue weighted by Crippen LogP contribution is 2.21. The summed E-state index contributed by atoms with van der Waals surface area (Å²) in [5.74, 6) is 1.11. The van der Waals surface area contributed by atoms with Crippen LogP contribution in [0.15, 0.2) is 24.5 Å². The number of rotatable bonds is 4. The molecule has 1 saturated heterocycles. The highest BCUT2D eigenvalue weighted by Gasteiger charge is 2.24. The van der Waals surface area contributed by atoms with E-state index in [1.54, 1.807) is 6.33 Å². The Bertz CT molecular complexity index is 621. The first-order valence-corrected chi connectivity index (χ1v) is 8.01. The fraction of sp³-hybridized carbons (Fsp3) is 0.529. The number of aryl methyl sites for hydroxylation is 2. The lowest BCUT2D eigenvalue weighted by Gasteiger charge is -2.38. The van der Waals surface area contributed by atoms with Crippen LogP contribution in [0.3, 0.4) is 0 Å². The van der Waals surface area contributed by atoms with E-state index < -0.39 is 0 Å². The van der Waals surface area contributed by atoms with Crippen LogP contribution in [0, 0.1) is 13.8 Å². The molecule has 2 aromatic heterocycles. The minimum Gasteiger partial charge on any atom is -0.355 e. The Labute approximate surface area is 132 Å². The van der Waals surface area contributed by atoms with Gasteiger partial charge in [-0.2, -0.15) is 0 Å². The van der Waals surface area contributed by atoms with Crippen molar-refractivity contribution < 1.29 is 0 Å². The van der Waals surface area contributed by atoms with Gasteiger partial charge in [-0.05, 0) is 45.9 Å². The Morgan fingerprint density at radius 1 is 1.36 bits per heavy atom. The normalized spacial score (nSPS) is 18.9. The van der Waals surface area contributed by atoms with Crippen molar-refractivity contribution in [3.63, 3.8) is 0 Å². The van der Waals surface area contributed by atoms with Gasteiger partial charge < -0.3 is 9.88 Å². The molecular formula is C17H25N5. The van der Waals surface area contributed by atoms with E-state index in [9.17, 15) is 0 Å². The summed E-state index contributed by atoms with van der Waals surface area (Å²) in [6.07, 6.45) is 4.23. The molecule has 0 spiro atoms. The second-order valence-corrected chi connectivity index (χ2v) is 6.27. The van der Waals surface area contributed by atoms with Crippen LogP contribution in [0.5, 0.6) is 0 Å². The number of hydrogen-bond acceptors (Lipinski definition) is 4. The number of likely N-dealkylation sites (N-methyl/N-ethyl adjacent to an activating group) is 1. The molecule has 5 nitrogen and oxygen atoms in total. The number of piperidine rings is 1. The fourth-order valence-corrected chi connectivity index (χ4v) is 3.14. The van der Waals surface area contributed by atoms with Crippen LogP contribution in [0.25, 0.3) is 0 Å². The van der Waals surface area contributed by atoms with E-state index in [4.69, 9.17) is 0 Å². The molecule has 1 aliphatic rings. The van der Waals surface area contributed by atoms with Gasteiger partial charge in [0.1, 0.15) is 5.82 Å². The van der Waals surface area contributed by atoms with Gasteiger partial charge in [-0.1, -0.05) is 6.07 Å². The summed E-state index contributed by atoms with van der Waals surface area (Å²) in [4.78, 5) is 17.1. The Morgan fingerprint density at radius 3 is 2.95 bits per heavy atom. The molecule has 1 fully saturated rings. The molecule has 1 aliphatic heterocycles. The molecule has 0 radical (unpaired) electrons. The van der Waals surface area contributed by atoms with Crippen molar-refractivity contribution in [3.05, 3.63) is 41.6 Å². The molecule has 5 heteroatoms. The molecule has 22 heavy (non-hydrogen) atoms. The maximum atomic E-state index is 4.67. The SMILES string of the molecule is Cc1cccc(N2CCC[C@H](N(C)Cc3nc[nH]c3C)C2)n1. The van der Waals surface area contributed by atoms with Crippen molar-refractivity contribution in [2.75, 3.05) is 25.0 Å². The zero-order valence-electron chi connectivity index (χ0n) is 13.7. The van der Waals surface area contributed by atoms with Crippen molar-refractivity contribution in [1.29, 1.82) is 0 Å². The van der Waals surface area contributed by atoms with Gasteiger partial charge in [0.25, 0.3) is 0 Å². The average Bonchev–Trinajstić information content (AvgIpc) is 2.92. The summed E-state index contributed by atoms with van der Waals surface area (Å²) < 4.78 is 0. The van der Waals surface area contributed by atoms with Crippen LogP contribution in [0.1, 0.15) is 29.9 Å². The van der Waals surface area contributed by atoms with Crippen molar-refractivity contribution in [3.8, 4) is 0 Å². The molecule has 3 heterocycles. The van der Waals surface area contributed by atoms with E-state index in [2.05, 4.69) is 63.8 Å². The Balaban J connectivity index is 1.66. The molecule has 0 aromatic carbocycles. The summed E-state index contributed by atoms with van der Waals surface area (Å²) in [7, 11) is 2.20. The second kappa shape index (κ2) is 6.48. The van der Waals surface area contributed by atoms with Crippen molar-refractivity contribution in [2.24, 2.45) is 0 Å². The summed E-state index contributed by atoms with van der Waals surface area (Å²) in [6, 6.07) is 6.81. The molecule has 0 unspecified atom stereocenters. The van der Waals surface area contributed by atoms with Crippen LogP contribution in [-0.4, -0.2) is 46.0 Å². The van der Waals surface area contributed by atoms with Gasteiger partial charge in [-0.3, -0.25) is 4.90 Å². The molecule has 0 saturated carbocycles. The molecular weight excluding hydrogens is 274 g/mol. The van der Waals surface area contributed by atoms with Crippen LogP contribution in [0.2, 0.25) is 0 Å². The molecule has 1 atom stereocenters. The van der Waals surface area contributed by atoms with E-state index in [1.165, 1.54) is 18.5 Å². The number of nitrogens with zero attached hydrogens (tertiary/aromatic N) is 4. The largest absolute Gasteiger partial charge is 0.355 e. The number of H-pyrrole nitrogens is 1. The monoisotopic (exact) mass is 299 g/mol. The zero-order valence-corrected chi connectivity index (χ0v) is 13.7. The first-order chi connectivity index (χ1) is 10.6. The topological polar surface area (TPSA) is 48.0 Å². The first kappa shape index (κ1) is 15.0. The van der Waals surface area contributed by atoms with Crippen LogP contribution in [-0.2, 0) is 6.54 Å². The molecule has 0 aliphatic carbocycles. The highest BCUT2D eigenvalue weighted by atomic mass is 15.3. The third-order valence-electron chi connectivity index (χ3n) is 4.55. The summed E-state index contributed by atoms with van der Waals surface area (Å²) >= 11 is 0. The second-order valence-electron chi connectivity index (χ2n) is 6.27. The number of aromatic nitrogens is 3. The van der Waals surface area contributed by atoms with Crippen LogP contribution >= 0.6 is 0 Å². The summed E-state index contributed by atoms with van der Waals surface area (Å²) in [5, 5.41) is 0. The molecule has 3 rings (SSSR count). The quantitative estimate of drug-likeness (QED) is 0.942. The number of imidazole rings is 1. The van der Waals surface area contributed by atoms with Gasteiger partial charge >= 0.3 is 0 Å². The predicted molar refractivity (Wildman–Crippen MR) is 89.0 cm³/mol. The molecule has 1 N–H and O–H groups in total. The molecule has 2 aromatic rings. The van der Waals surface area contributed by atoms with Crippen LogP contribution < -0.4 is 4.90 Å². The number of pyridine rings is 1. The highest BCUT2D eigenvalue weighted by molar-refractivity contribution is 5.40. The Hall–Kier alpha value is -1.88. The van der Waals surface area contributed by atoms with Crippen molar-refractivity contribution in [1.82, 2.24) is 19.9 Å².